The molecule has 0 amide bonds. The van der Waals surface area contributed by atoms with Gasteiger partial charge in [0.1, 0.15) is 0 Å². The normalized spacial score (nSPS) is 11.2. The molecule has 56 heavy (non-hydrogen) atoms. The molecule has 0 aliphatic carbocycles. The minimum Gasteiger partial charge on any atom is -0.309 e. The molecule has 0 saturated heterocycles. The van der Waals surface area contributed by atoms with Gasteiger partial charge in [0.25, 0.3) is 0 Å². The van der Waals surface area contributed by atoms with E-state index in [-0.39, 0.29) is 0 Å². The van der Waals surface area contributed by atoms with E-state index in [1.54, 1.807) is 0 Å². The van der Waals surface area contributed by atoms with Crippen LogP contribution < -0.4 is 4.90 Å². The van der Waals surface area contributed by atoms with Crippen LogP contribution in [0.1, 0.15) is 0 Å². The fourth-order valence-corrected chi connectivity index (χ4v) is 9.31. The SMILES string of the molecule is c1ccc(-c2ccccc2-c2c(-c3ccccc3)cccc2N(c2ccc(-c3cccc4sc5ccccc5c34)cc2)c2ccccc2-c2ccccc2)cc1. The van der Waals surface area contributed by atoms with E-state index < -0.39 is 0 Å². The lowest BCUT2D eigenvalue weighted by Crippen LogP contribution is -2.13. The fraction of sp³-hybridized carbons (Fsp3) is 0. The highest BCUT2D eigenvalue weighted by Gasteiger charge is 2.24. The number of hydrogen-bond donors (Lipinski definition) is 0. The van der Waals surface area contributed by atoms with Crippen LogP contribution in [0.4, 0.5) is 17.1 Å². The quantitative estimate of drug-likeness (QED) is 0.150. The van der Waals surface area contributed by atoms with Gasteiger partial charge in [-0.1, -0.05) is 188 Å². The third-order valence-corrected chi connectivity index (χ3v) is 11.9. The van der Waals surface area contributed by atoms with Crippen LogP contribution in [-0.2, 0) is 0 Å². The molecule has 9 aromatic carbocycles. The molecule has 2 heteroatoms. The van der Waals surface area contributed by atoms with Gasteiger partial charge in [0.05, 0.1) is 11.4 Å². The molecule has 0 fully saturated rings. The van der Waals surface area contributed by atoms with Crippen molar-refractivity contribution in [3.8, 4) is 55.6 Å². The number of nitrogens with zero attached hydrogens (tertiary/aromatic N) is 1. The van der Waals surface area contributed by atoms with Crippen molar-refractivity contribution in [2.75, 3.05) is 4.90 Å². The Morgan fingerprint density at radius 3 is 1.46 bits per heavy atom. The molecular formula is C54H37NS. The summed E-state index contributed by atoms with van der Waals surface area (Å²) in [7, 11) is 0. The average molecular weight is 732 g/mol. The van der Waals surface area contributed by atoms with Gasteiger partial charge in [0, 0.05) is 37.0 Å². The zero-order valence-electron chi connectivity index (χ0n) is 30.7. The Labute approximate surface area is 332 Å². The number of thiophene rings is 1. The molecule has 0 atom stereocenters. The summed E-state index contributed by atoms with van der Waals surface area (Å²) in [4.78, 5) is 2.47. The summed E-state index contributed by atoms with van der Waals surface area (Å²) in [5, 5.41) is 2.63. The van der Waals surface area contributed by atoms with E-state index in [0.717, 1.165) is 17.1 Å². The monoisotopic (exact) mass is 731 g/mol. The Balaban J connectivity index is 1.24. The summed E-state index contributed by atoms with van der Waals surface area (Å²) in [5.41, 5.74) is 15.2. The number of rotatable bonds is 8. The Morgan fingerprint density at radius 2 is 0.750 bits per heavy atom. The summed E-state index contributed by atoms with van der Waals surface area (Å²) in [6.45, 7) is 0. The van der Waals surface area contributed by atoms with Crippen molar-refractivity contribution < 1.29 is 0 Å². The van der Waals surface area contributed by atoms with Crippen LogP contribution in [0.5, 0.6) is 0 Å². The maximum atomic E-state index is 2.47. The predicted molar refractivity (Wildman–Crippen MR) is 241 cm³/mol. The predicted octanol–water partition coefficient (Wildman–Crippen LogP) is 15.9. The lowest BCUT2D eigenvalue weighted by Gasteiger charge is -2.31. The third kappa shape index (κ3) is 6.07. The maximum Gasteiger partial charge on any atom is 0.0546 e. The van der Waals surface area contributed by atoms with Crippen LogP contribution in [0.15, 0.2) is 224 Å². The first kappa shape index (κ1) is 33.6. The second-order valence-corrected chi connectivity index (χ2v) is 15.1. The van der Waals surface area contributed by atoms with Crippen molar-refractivity contribution in [2.24, 2.45) is 0 Å². The molecule has 10 aromatic rings. The van der Waals surface area contributed by atoms with Crippen LogP contribution in [0, 0.1) is 0 Å². The molecule has 0 radical (unpaired) electrons. The van der Waals surface area contributed by atoms with Gasteiger partial charge in [-0.05, 0) is 80.9 Å². The number of benzene rings is 9. The third-order valence-electron chi connectivity index (χ3n) is 10.7. The molecule has 0 saturated carbocycles. The first-order valence-electron chi connectivity index (χ1n) is 19.1. The minimum absolute atomic E-state index is 1.09. The molecule has 1 nitrogen and oxygen atoms in total. The first-order valence-corrected chi connectivity index (χ1v) is 19.9. The van der Waals surface area contributed by atoms with Crippen molar-refractivity contribution in [1.29, 1.82) is 0 Å². The summed E-state index contributed by atoms with van der Waals surface area (Å²) >= 11 is 1.86. The topological polar surface area (TPSA) is 3.24 Å². The van der Waals surface area contributed by atoms with Gasteiger partial charge in [-0.2, -0.15) is 0 Å². The highest BCUT2D eigenvalue weighted by Crippen LogP contribution is 2.50. The Morgan fingerprint density at radius 1 is 0.286 bits per heavy atom. The van der Waals surface area contributed by atoms with Crippen LogP contribution in [0.2, 0.25) is 0 Å². The zero-order valence-corrected chi connectivity index (χ0v) is 31.5. The van der Waals surface area contributed by atoms with Gasteiger partial charge in [-0.3, -0.25) is 0 Å². The molecule has 0 aliphatic heterocycles. The molecule has 0 unspecified atom stereocenters. The number of para-hydroxylation sites is 1. The van der Waals surface area contributed by atoms with E-state index in [1.807, 2.05) is 11.3 Å². The average Bonchev–Trinajstić information content (AvgIpc) is 3.67. The van der Waals surface area contributed by atoms with Crippen LogP contribution in [0.3, 0.4) is 0 Å². The molecule has 0 spiro atoms. The fourth-order valence-electron chi connectivity index (χ4n) is 8.18. The van der Waals surface area contributed by atoms with Crippen LogP contribution >= 0.6 is 11.3 Å². The number of anilines is 3. The van der Waals surface area contributed by atoms with Gasteiger partial charge >= 0.3 is 0 Å². The lowest BCUT2D eigenvalue weighted by molar-refractivity contribution is 1.28. The molecule has 0 aliphatic rings. The van der Waals surface area contributed by atoms with Crippen molar-refractivity contribution in [1.82, 2.24) is 0 Å². The van der Waals surface area contributed by atoms with Gasteiger partial charge in [-0.25, -0.2) is 0 Å². The van der Waals surface area contributed by atoms with E-state index in [2.05, 4.69) is 229 Å². The summed E-state index contributed by atoms with van der Waals surface area (Å²) in [6, 6.07) is 81.4. The largest absolute Gasteiger partial charge is 0.309 e. The number of hydrogen-bond acceptors (Lipinski definition) is 2. The smallest absolute Gasteiger partial charge is 0.0546 e. The van der Waals surface area contributed by atoms with Crippen molar-refractivity contribution in [3.63, 3.8) is 0 Å². The highest BCUT2D eigenvalue weighted by atomic mass is 32.1. The van der Waals surface area contributed by atoms with E-state index in [0.29, 0.717) is 0 Å². The van der Waals surface area contributed by atoms with Gasteiger partial charge in [0.15, 0.2) is 0 Å². The van der Waals surface area contributed by atoms with Gasteiger partial charge in [0.2, 0.25) is 0 Å². The lowest BCUT2D eigenvalue weighted by atomic mass is 9.87. The van der Waals surface area contributed by atoms with Crippen LogP contribution in [0.25, 0.3) is 75.8 Å². The summed E-state index contributed by atoms with van der Waals surface area (Å²) < 4.78 is 2.63. The van der Waals surface area contributed by atoms with Crippen molar-refractivity contribution >= 4 is 48.6 Å². The van der Waals surface area contributed by atoms with E-state index >= 15 is 0 Å². The summed E-state index contributed by atoms with van der Waals surface area (Å²) in [5.74, 6) is 0. The van der Waals surface area contributed by atoms with Crippen molar-refractivity contribution in [3.05, 3.63) is 224 Å². The van der Waals surface area contributed by atoms with Crippen molar-refractivity contribution in [2.45, 2.75) is 0 Å². The van der Waals surface area contributed by atoms with Gasteiger partial charge < -0.3 is 4.90 Å². The van der Waals surface area contributed by atoms with Crippen LogP contribution in [-0.4, -0.2) is 0 Å². The standard InChI is InChI=1S/C54H37NS/c1-4-18-38(19-5-1)43-24-10-11-26-47(43)53-45(40-22-8-3-9-23-40)28-16-31-50(53)55(49-30-14-12-25-44(49)39-20-6-2-7-21-39)42-36-34-41(35-37-42)46-29-17-33-52-54(46)48-27-13-15-32-51(48)56-52/h1-37H. The summed E-state index contributed by atoms with van der Waals surface area (Å²) in [6.07, 6.45) is 0. The highest BCUT2D eigenvalue weighted by molar-refractivity contribution is 7.25. The van der Waals surface area contributed by atoms with E-state index in [1.165, 1.54) is 75.8 Å². The second-order valence-electron chi connectivity index (χ2n) is 14.0. The Kier molecular flexibility index (Phi) is 8.79. The van der Waals surface area contributed by atoms with E-state index in [9.17, 15) is 0 Å². The number of fused-ring (bicyclic) bond motifs is 3. The molecule has 1 heterocycles. The van der Waals surface area contributed by atoms with E-state index in [4.69, 9.17) is 0 Å². The Bertz CT molecular complexity index is 2950. The second kappa shape index (κ2) is 14.7. The molecule has 264 valence electrons. The first-order chi connectivity index (χ1) is 27.8. The molecule has 10 rings (SSSR count). The molecule has 0 N–H and O–H groups in total. The maximum absolute atomic E-state index is 2.47. The molecule has 0 bridgehead atoms. The van der Waals surface area contributed by atoms with Gasteiger partial charge in [-0.15, -0.1) is 11.3 Å². The molecule has 1 aromatic heterocycles. The molecular weight excluding hydrogens is 695 g/mol. The Hall–Kier alpha value is -7.00. The minimum atomic E-state index is 1.09. The zero-order chi connectivity index (χ0) is 37.3.